The van der Waals surface area contributed by atoms with Gasteiger partial charge in [0.05, 0.1) is 61.0 Å². The van der Waals surface area contributed by atoms with Crippen molar-refractivity contribution in [3.8, 4) is 40.1 Å². The zero-order valence-corrected chi connectivity index (χ0v) is 50.6. The quantitative estimate of drug-likeness (QED) is 0.174. The van der Waals surface area contributed by atoms with Crippen molar-refractivity contribution in [2.24, 2.45) is 0 Å². The highest BCUT2D eigenvalue weighted by atomic mass is 15.2. The molecule has 6 heterocycles. The van der Waals surface area contributed by atoms with E-state index in [9.17, 15) is 0 Å². The molecule has 0 atom stereocenters. The van der Waals surface area contributed by atoms with Crippen LogP contribution in [0.25, 0.3) is 192 Å². The standard InChI is InChI=1S/C46H28N4.C40H24N4/c1-3-15-29(16-4-1)44-35-23-11-13-25-37(35)47-46(48-44)50-38-26-14-12-24-36(38)41-39(50)27-28-40-43(41)42-33-21-9-7-19-31(33)32-20-8-10-22-34(32)45(42)49(40)30-17-5-2-6-18-30;1-2-12-24(13-3-1)38-29-18-8-10-20-31(29)42-40(43-38)44-33-21-11-9-19-30(33)35-34(44)23-22-32-37(35)36-27-16-6-4-14-25(27)26-15-5-7-17-28(26)39(36)41-32/h1-28H;1-23,41H. The van der Waals surface area contributed by atoms with Crippen LogP contribution in [0.2, 0.25) is 0 Å². The number of H-pyrrole nitrogens is 1. The third-order valence-electron chi connectivity index (χ3n) is 19.4. The SMILES string of the molecule is c1ccc(-c2nc(-n3c4ccccc4c4c5c(ccc43)[nH]c3c4ccccc4c4ccccc4c35)nc3ccccc23)cc1.c1ccc(-c2nc(-n3c4ccccc4c4c5c6c7ccccc7c7ccccc7c6n(-c6ccccc6)c5ccc43)nc3ccccc23)cc1. The number of hydrogen-bond acceptors (Lipinski definition) is 4. The minimum absolute atomic E-state index is 0.662. The van der Waals surface area contributed by atoms with E-state index in [4.69, 9.17) is 19.9 Å². The van der Waals surface area contributed by atoms with Crippen molar-refractivity contribution in [3.05, 3.63) is 309 Å². The average Bonchev–Trinajstić information content (AvgIpc) is 1.53. The van der Waals surface area contributed by atoms with Gasteiger partial charge in [0.15, 0.2) is 0 Å². The van der Waals surface area contributed by atoms with Crippen LogP contribution in [-0.4, -0.2) is 38.6 Å². The van der Waals surface area contributed by atoms with Crippen molar-refractivity contribution >= 4 is 152 Å². The summed E-state index contributed by atoms with van der Waals surface area (Å²) in [5.41, 5.74) is 16.0. The van der Waals surface area contributed by atoms with E-state index in [1.54, 1.807) is 0 Å². The lowest BCUT2D eigenvalue weighted by molar-refractivity contribution is 1.01. The van der Waals surface area contributed by atoms with Gasteiger partial charge in [-0.15, -0.1) is 0 Å². The van der Waals surface area contributed by atoms with E-state index < -0.39 is 0 Å². The number of rotatable bonds is 5. The van der Waals surface area contributed by atoms with Gasteiger partial charge in [-0.2, -0.15) is 0 Å². The molecular weight excluding hydrogens is 1150 g/mol. The fourth-order valence-electron chi connectivity index (χ4n) is 15.5. The zero-order valence-electron chi connectivity index (χ0n) is 50.6. The molecule has 15 aromatic carbocycles. The summed E-state index contributed by atoms with van der Waals surface area (Å²) >= 11 is 0. The van der Waals surface area contributed by atoms with E-state index in [-0.39, 0.29) is 0 Å². The molecule has 0 unspecified atom stereocenters. The van der Waals surface area contributed by atoms with Crippen LogP contribution in [0, 0.1) is 0 Å². The van der Waals surface area contributed by atoms with Crippen LogP contribution < -0.4 is 0 Å². The third-order valence-corrected chi connectivity index (χ3v) is 19.4. The monoisotopic (exact) mass is 1200 g/mol. The highest BCUT2D eigenvalue weighted by Gasteiger charge is 2.27. The maximum atomic E-state index is 5.35. The first-order valence-electron chi connectivity index (χ1n) is 32.0. The topological polar surface area (TPSA) is 82.1 Å². The molecule has 21 aromatic rings. The Bertz CT molecular complexity index is 6720. The fourth-order valence-corrected chi connectivity index (χ4v) is 15.5. The number of aromatic nitrogens is 8. The molecule has 0 radical (unpaired) electrons. The summed E-state index contributed by atoms with van der Waals surface area (Å²) in [6.45, 7) is 0. The summed E-state index contributed by atoms with van der Waals surface area (Å²) in [6.07, 6.45) is 0. The van der Waals surface area contributed by atoms with E-state index in [2.05, 4.69) is 310 Å². The van der Waals surface area contributed by atoms with Crippen LogP contribution in [0.4, 0.5) is 0 Å². The molecule has 0 aliphatic heterocycles. The van der Waals surface area contributed by atoms with Gasteiger partial charge in [-0.3, -0.25) is 9.13 Å². The van der Waals surface area contributed by atoms with Gasteiger partial charge < -0.3 is 9.55 Å². The molecule has 21 rings (SSSR count). The summed E-state index contributed by atoms with van der Waals surface area (Å²) in [4.78, 5) is 24.9. The molecule has 8 heteroatoms. The normalized spacial score (nSPS) is 12.0. The number of aromatic amines is 1. The van der Waals surface area contributed by atoms with E-state index in [0.29, 0.717) is 11.9 Å². The zero-order chi connectivity index (χ0) is 61.5. The Balaban J connectivity index is 0.000000130. The summed E-state index contributed by atoms with van der Waals surface area (Å²) in [5.74, 6) is 1.33. The second-order valence-electron chi connectivity index (χ2n) is 24.4. The molecular formula is C86H52N8. The summed E-state index contributed by atoms with van der Waals surface area (Å²) in [5, 5.41) is 21.9. The first-order chi connectivity index (χ1) is 46.7. The summed E-state index contributed by atoms with van der Waals surface area (Å²) in [7, 11) is 0. The Morgan fingerprint density at radius 2 is 0.596 bits per heavy atom. The van der Waals surface area contributed by atoms with Crippen LogP contribution in [0.3, 0.4) is 0 Å². The maximum absolute atomic E-state index is 5.35. The van der Waals surface area contributed by atoms with Gasteiger partial charge >= 0.3 is 0 Å². The van der Waals surface area contributed by atoms with Crippen molar-refractivity contribution in [1.82, 2.24) is 38.6 Å². The summed E-state index contributed by atoms with van der Waals surface area (Å²) < 4.78 is 6.97. The van der Waals surface area contributed by atoms with Crippen molar-refractivity contribution in [2.75, 3.05) is 0 Å². The van der Waals surface area contributed by atoms with Crippen LogP contribution in [0.15, 0.2) is 309 Å². The Kier molecular flexibility index (Phi) is 11.3. The second-order valence-corrected chi connectivity index (χ2v) is 24.4. The molecule has 0 bridgehead atoms. The number of benzene rings is 15. The van der Waals surface area contributed by atoms with Crippen LogP contribution >= 0.6 is 0 Å². The Hall–Kier alpha value is -12.8. The molecule has 0 aliphatic rings. The minimum Gasteiger partial charge on any atom is -0.354 e. The molecule has 0 spiro atoms. The average molecular weight is 1200 g/mol. The maximum Gasteiger partial charge on any atom is 0.235 e. The van der Waals surface area contributed by atoms with Gasteiger partial charge in [0.2, 0.25) is 11.9 Å². The number of fused-ring (bicyclic) bond motifs is 26. The highest BCUT2D eigenvalue weighted by Crippen LogP contribution is 2.49. The van der Waals surface area contributed by atoms with Crippen molar-refractivity contribution in [3.63, 3.8) is 0 Å². The van der Waals surface area contributed by atoms with Gasteiger partial charge in [-0.25, -0.2) is 19.9 Å². The lowest BCUT2D eigenvalue weighted by Crippen LogP contribution is -2.03. The second kappa shape index (κ2) is 20.4. The van der Waals surface area contributed by atoms with Gasteiger partial charge in [0.1, 0.15) is 0 Å². The molecule has 436 valence electrons. The molecule has 0 saturated carbocycles. The largest absolute Gasteiger partial charge is 0.354 e. The summed E-state index contributed by atoms with van der Waals surface area (Å²) in [6, 6.07) is 110. The molecule has 1 N–H and O–H groups in total. The molecule has 0 amide bonds. The lowest BCUT2D eigenvalue weighted by Gasteiger charge is -2.12. The fraction of sp³-hybridized carbons (Fsp3) is 0. The van der Waals surface area contributed by atoms with E-state index in [1.807, 2.05) is 18.2 Å². The van der Waals surface area contributed by atoms with Crippen molar-refractivity contribution < 1.29 is 0 Å². The van der Waals surface area contributed by atoms with E-state index in [1.165, 1.54) is 103 Å². The number of nitrogens with one attached hydrogen (secondary N) is 1. The van der Waals surface area contributed by atoms with E-state index >= 15 is 0 Å². The molecule has 0 aliphatic carbocycles. The lowest BCUT2D eigenvalue weighted by atomic mass is 9.95. The molecule has 6 aromatic heterocycles. The van der Waals surface area contributed by atoms with Crippen LogP contribution in [0.5, 0.6) is 0 Å². The van der Waals surface area contributed by atoms with Gasteiger partial charge in [0, 0.05) is 87.0 Å². The first-order valence-corrected chi connectivity index (χ1v) is 32.0. The minimum atomic E-state index is 0.662. The van der Waals surface area contributed by atoms with Crippen molar-refractivity contribution in [2.45, 2.75) is 0 Å². The predicted octanol–water partition coefficient (Wildman–Crippen LogP) is 22.1. The predicted molar refractivity (Wildman–Crippen MR) is 392 cm³/mol. The number of para-hydroxylation sites is 5. The first kappa shape index (κ1) is 52.0. The highest BCUT2D eigenvalue weighted by molar-refractivity contribution is 6.40. The Morgan fingerprint density at radius 3 is 1.13 bits per heavy atom. The number of nitrogens with zero attached hydrogens (tertiary/aromatic N) is 7. The Morgan fingerprint density at radius 1 is 0.223 bits per heavy atom. The van der Waals surface area contributed by atoms with E-state index in [0.717, 1.165) is 77.6 Å². The third kappa shape index (κ3) is 7.56. The molecule has 94 heavy (non-hydrogen) atoms. The molecule has 0 saturated heterocycles. The molecule has 8 nitrogen and oxygen atoms in total. The van der Waals surface area contributed by atoms with Gasteiger partial charge in [0.25, 0.3) is 0 Å². The van der Waals surface area contributed by atoms with Gasteiger partial charge in [-0.05, 0) is 93.0 Å². The number of hydrogen-bond donors (Lipinski definition) is 1. The van der Waals surface area contributed by atoms with Crippen LogP contribution in [-0.2, 0) is 0 Å². The van der Waals surface area contributed by atoms with Gasteiger partial charge in [-0.1, -0.05) is 249 Å². The smallest absolute Gasteiger partial charge is 0.235 e. The van der Waals surface area contributed by atoms with Crippen LogP contribution in [0.1, 0.15) is 0 Å². The van der Waals surface area contributed by atoms with Crippen molar-refractivity contribution in [1.29, 1.82) is 0 Å². The Labute approximate surface area is 537 Å². The molecule has 0 fully saturated rings.